The van der Waals surface area contributed by atoms with Crippen LogP contribution in [0.25, 0.3) is 0 Å². The molecule has 0 N–H and O–H groups in total. The SMILES string of the molecule is CCC1=CC(CC)(CC(/C=C/[C@H](C)OC(=O)[C@](OC)(c2ccccc2)C(F)(F)F)CC)O/C1=C\C(=O)OC. The molecule has 0 amide bonds. The van der Waals surface area contributed by atoms with Gasteiger partial charge in [-0.25, -0.2) is 9.59 Å². The largest absolute Gasteiger partial charge is 0.483 e. The standard InChI is InChI=1S/C29H37F3O6/c1-7-21(18-27(9-3)19-22(8-2)24(38-27)17-25(33)35-5)16-15-20(4)37-26(34)28(36-6,29(30,31)32)23-13-11-10-12-14-23/h10-17,19-21H,7-9,18H2,1-6H3/b16-15+,24-17-/t20-,21?,27?,28+/m0/s1. The number of hydrogen-bond acceptors (Lipinski definition) is 6. The van der Waals surface area contributed by atoms with Gasteiger partial charge < -0.3 is 18.9 Å². The highest BCUT2D eigenvalue weighted by atomic mass is 19.4. The summed E-state index contributed by atoms with van der Waals surface area (Å²) in [6.07, 6.45) is 3.35. The van der Waals surface area contributed by atoms with Crippen LogP contribution in [-0.4, -0.2) is 44.0 Å². The second-order valence-corrected chi connectivity index (χ2v) is 9.19. The highest BCUT2D eigenvalue weighted by Gasteiger charge is 2.64. The lowest BCUT2D eigenvalue weighted by Gasteiger charge is -2.33. The third kappa shape index (κ3) is 6.87. The Labute approximate surface area is 222 Å². The second-order valence-electron chi connectivity index (χ2n) is 9.19. The van der Waals surface area contributed by atoms with Crippen molar-refractivity contribution in [2.45, 2.75) is 76.9 Å². The molecule has 1 aromatic carbocycles. The van der Waals surface area contributed by atoms with Crippen LogP contribution < -0.4 is 0 Å². The normalized spacial score (nSPS) is 21.9. The van der Waals surface area contributed by atoms with Crippen molar-refractivity contribution in [2.75, 3.05) is 14.2 Å². The maximum atomic E-state index is 14.1. The Bertz CT molecular complexity index is 1050. The zero-order valence-electron chi connectivity index (χ0n) is 22.8. The van der Waals surface area contributed by atoms with Gasteiger partial charge in [-0.15, -0.1) is 0 Å². The summed E-state index contributed by atoms with van der Waals surface area (Å²) in [5, 5.41) is 0. The number of rotatable bonds is 12. The monoisotopic (exact) mass is 538 g/mol. The van der Waals surface area contributed by atoms with Gasteiger partial charge in [0.1, 0.15) is 17.5 Å². The van der Waals surface area contributed by atoms with E-state index >= 15 is 0 Å². The fraction of sp³-hybridized carbons (Fsp3) is 0.517. The van der Waals surface area contributed by atoms with Crippen LogP contribution >= 0.6 is 0 Å². The molecule has 0 aromatic heterocycles. The molecule has 0 saturated heterocycles. The smallest absolute Gasteiger partial charge is 0.432 e. The van der Waals surface area contributed by atoms with Crippen molar-refractivity contribution in [1.82, 2.24) is 0 Å². The molecule has 1 aliphatic rings. The molecular formula is C29H37F3O6. The molecule has 1 aromatic rings. The lowest BCUT2D eigenvalue weighted by Crippen LogP contribution is -2.52. The zero-order valence-corrected chi connectivity index (χ0v) is 22.8. The average molecular weight is 539 g/mol. The highest BCUT2D eigenvalue weighted by Crippen LogP contribution is 2.43. The predicted molar refractivity (Wildman–Crippen MR) is 137 cm³/mol. The van der Waals surface area contributed by atoms with Crippen molar-refractivity contribution in [3.63, 3.8) is 0 Å². The Kier molecular flexibility index (Phi) is 10.8. The van der Waals surface area contributed by atoms with E-state index in [1.165, 1.54) is 44.4 Å². The summed E-state index contributed by atoms with van der Waals surface area (Å²) in [5.74, 6) is -1.60. The van der Waals surface area contributed by atoms with E-state index in [0.717, 1.165) is 12.7 Å². The van der Waals surface area contributed by atoms with Crippen molar-refractivity contribution in [2.24, 2.45) is 5.92 Å². The van der Waals surface area contributed by atoms with Crippen molar-refractivity contribution in [1.29, 1.82) is 0 Å². The maximum absolute atomic E-state index is 14.1. The number of hydrogen-bond donors (Lipinski definition) is 0. The zero-order chi connectivity index (χ0) is 28.6. The third-order valence-corrected chi connectivity index (χ3v) is 6.75. The first-order chi connectivity index (χ1) is 17.9. The van der Waals surface area contributed by atoms with Crippen LogP contribution in [0.1, 0.15) is 58.9 Å². The lowest BCUT2D eigenvalue weighted by atomic mass is 9.86. The molecule has 38 heavy (non-hydrogen) atoms. The van der Waals surface area contributed by atoms with Crippen LogP contribution in [0, 0.1) is 5.92 Å². The van der Waals surface area contributed by atoms with Crippen LogP contribution in [0.2, 0.25) is 0 Å². The first kappa shape index (κ1) is 31.1. The number of carbonyl (C=O) groups excluding carboxylic acids is 2. The molecule has 1 aliphatic heterocycles. The lowest BCUT2D eigenvalue weighted by molar-refractivity contribution is -0.277. The summed E-state index contributed by atoms with van der Waals surface area (Å²) in [6.45, 7) is 7.43. The molecule has 2 unspecified atom stereocenters. The molecule has 0 bridgehead atoms. The Morgan fingerprint density at radius 2 is 1.74 bits per heavy atom. The van der Waals surface area contributed by atoms with Crippen LogP contribution in [0.15, 0.2) is 66.0 Å². The fourth-order valence-electron chi connectivity index (χ4n) is 4.47. The van der Waals surface area contributed by atoms with Gasteiger partial charge in [-0.3, -0.25) is 0 Å². The molecule has 6 nitrogen and oxygen atoms in total. The van der Waals surface area contributed by atoms with E-state index in [4.69, 9.17) is 18.9 Å². The van der Waals surface area contributed by atoms with Crippen LogP contribution in [0.3, 0.4) is 0 Å². The van der Waals surface area contributed by atoms with E-state index < -0.39 is 35.4 Å². The minimum Gasteiger partial charge on any atom is -0.483 e. The summed E-state index contributed by atoms with van der Waals surface area (Å²) in [4.78, 5) is 24.7. The van der Waals surface area contributed by atoms with Crippen LogP contribution in [0.5, 0.6) is 0 Å². The van der Waals surface area contributed by atoms with E-state index in [9.17, 15) is 22.8 Å². The summed E-state index contributed by atoms with van der Waals surface area (Å²) >= 11 is 0. The number of halogens is 3. The first-order valence-electron chi connectivity index (χ1n) is 12.7. The third-order valence-electron chi connectivity index (χ3n) is 6.75. The number of allylic oxidation sites excluding steroid dienone is 2. The molecule has 0 saturated carbocycles. The van der Waals surface area contributed by atoms with E-state index in [-0.39, 0.29) is 11.5 Å². The molecule has 2 rings (SSSR count). The number of methoxy groups -OCH3 is 2. The van der Waals surface area contributed by atoms with Gasteiger partial charge in [-0.2, -0.15) is 13.2 Å². The van der Waals surface area contributed by atoms with Gasteiger partial charge in [-0.1, -0.05) is 57.2 Å². The van der Waals surface area contributed by atoms with Crippen molar-refractivity contribution < 1.29 is 41.7 Å². The van der Waals surface area contributed by atoms with Gasteiger partial charge in [0.05, 0.1) is 13.2 Å². The van der Waals surface area contributed by atoms with Gasteiger partial charge >= 0.3 is 18.1 Å². The Hall–Kier alpha value is -3.07. The summed E-state index contributed by atoms with van der Waals surface area (Å²) in [7, 11) is 2.13. The highest BCUT2D eigenvalue weighted by molar-refractivity contribution is 5.83. The van der Waals surface area contributed by atoms with Crippen molar-refractivity contribution in [3.8, 4) is 0 Å². The fourth-order valence-corrected chi connectivity index (χ4v) is 4.47. The Balaban J connectivity index is 2.21. The van der Waals surface area contributed by atoms with Gasteiger partial charge in [0.15, 0.2) is 0 Å². The molecule has 1 heterocycles. The van der Waals surface area contributed by atoms with E-state index in [2.05, 4.69) is 0 Å². The van der Waals surface area contributed by atoms with Crippen molar-refractivity contribution in [3.05, 3.63) is 71.5 Å². The second kappa shape index (κ2) is 13.1. The maximum Gasteiger partial charge on any atom is 0.432 e. The molecule has 0 radical (unpaired) electrons. The molecule has 9 heteroatoms. The molecule has 210 valence electrons. The molecule has 0 aliphatic carbocycles. The van der Waals surface area contributed by atoms with E-state index in [1.54, 1.807) is 12.1 Å². The van der Waals surface area contributed by atoms with Crippen molar-refractivity contribution >= 4 is 11.9 Å². The number of ether oxygens (including phenoxy) is 4. The molecular weight excluding hydrogens is 501 g/mol. The number of carbonyl (C=O) groups is 2. The van der Waals surface area contributed by atoms with E-state index in [1.807, 2.05) is 32.9 Å². The molecule has 0 spiro atoms. The average Bonchev–Trinajstić information content (AvgIpc) is 3.24. The number of benzene rings is 1. The summed E-state index contributed by atoms with van der Waals surface area (Å²) in [6, 6.07) is 6.70. The Morgan fingerprint density at radius 1 is 1.08 bits per heavy atom. The minimum absolute atomic E-state index is 0.0353. The van der Waals surface area contributed by atoms with Gasteiger partial charge in [-0.05, 0) is 56.3 Å². The van der Waals surface area contributed by atoms with Gasteiger partial charge in [0.2, 0.25) is 0 Å². The minimum atomic E-state index is -5.04. The predicted octanol–water partition coefficient (Wildman–Crippen LogP) is 6.57. The number of alkyl halides is 3. The molecule has 4 atom stereocenters. The van der Waals surface area contributed by atoms with Crippen LogP contribution in [0.4, 0.5) is 13.2 Å². The molecule has 0 fully saturated rings. The quantitative estimate of drug-likeness (QED) is 0.170. The Morgan fingerprint density at radius 3 is 2.24 bits per heavy atom. The summed E-state index contributed by atoms with van der Waals surface area (Å²) < 4.78 is 63.4. The summed E-state index contributed by atoms with van der Waals surface area (Å²) in [5.41, 5.74) is -3.35. The topological polar surface area (TPSA) is 71.1 Å². The van der Waals surface area contributed by atoms with Crippen LogP contribution in [-0.2, 0) is 34.1 Å². The van der Waals surface area contributed by atoms with Gasteiger partial charge in [0.25, 0.3) is 5.60 Å². The van der Waals surface area contributed by atoms with E-state index in [0.29, 0.717) is 31.4 Å². The first-order valence-corrected chi connectivity index (χ1v) is 12.7. The van der Waals surface area contributed by atoms with Gasteiger partial charge in [0, 0.05) is 12.7 Å². The number of esters is 2.